The maximum absolute atomic E-state index is 13.1. The summed E-state index contributed by atoms with van der Waals surface area (Å²) in [6, 6.07) is 20.2. The summed E-state index contributed by atoms with van der Waals surface area (Å²) < 4.78 is 10.8. The Morgan fingerprint density at radius 3 is 2.52 bits per heavy atom. The lowest BCUT2D eigenvalue weighted by Gasteiger charge is -2.12. The molecular weight excluding hydrogens is 438 g/mol. The molecule has 1 heterocycles. The lowest BCUT2D eigenvalue weighted by atomic mass is 10.0. The van der Waals surface area contributed by atoms with Crippen molar-refractivity contribution in [2.75, 3.05) is 14.2 Å². The third-order valence-electron chi connectivity index (χ3n) is 5.28. The molecule has 1 N–H and O–H groups in total. The van der Waals surface area contributed by atoms with E-state index in [0.29, 0.717) is 33.3 Å². The summed E-state index contributed by atoms with van der Waals surface area (Å²) in [6.07, 6.45) is 1.55. The molecule has 4 aromatic rings. The molecule has 0 fully saturated rings. The topological polar surface area (TPSA) is 72.8 Å². The van der Waals surface area contributed by atoms with E-state index in [0.717, 1.165) is 22.1 Å². The number of hydrogen-bond acceptors (Lipinski definition) is 5. The van der Waals surface area contributed by atoms with Crippen LogP contribution in [0.4, 0.5) is 0 Å². The Labute approximate surface area is 196 Å². The summed E-state index contributed by atoms with van der Waals surface area (Å²) in [4.78, 5) is 17.8. The fraction of sp³-hybridized carbons (Fsp3) is 0.115. The van der Waals surface area contributed by atoms with Crippen molar-refractivity contribution in [3.05, 3.63) is 88.4 Å². The smallest absolute Gasteiger partial charge is 0.272 e. The Morgan fingerprint density at radius 2 is 1.79 bits per heavy atom. The average molecular weight is 460 g/mol. The second-order valence-electron chi connectivity index (χ2n) is 7.29. The molecule has 0 saturated heterocycles. The summed E-state index contributed by atoms with van der Waals surface area (Å²) in [5, 5.41) is 5.53. The van der Waals surface area contributed by atoms with Crippen LogP contribution >= 0.6 is 11.6 Å². The van der Waals surface area contributed by atoms with Crippen LogP contribution in [0.15, 0.2) is 71.8 Å². The van der Waals surface area contributed by atoms with Crippen molar-refractivity contribution in [1.82, 2.24) is 10.4 Å². The minimum Gasteiger partial charge on any atom is -0.496 e. The molecule has 7 heteroatoms. The summed E-state index contributed by atoms with van der Waals surface area (Å²) >= 11 is 6.02. The first-order valence-corrected chi connectivity index (χ1v) is 10.6. The first kappa shape index (κ1) is 22.3. The zero-order valence-corrected chi connectivity index (χ0v) is 19.2. The predicted molar refractivity (Wildman–Crippen MR) is 132 cm³/mol. The van der Waals surface area contributed by atoms with E-state index >= 15 is 0 Å². The largest absolute Gasteiger partial charge is 0.496 e. The number of hydrogen-bond donors (Lipinski definition) is 1. The minimum atomic E-state index is -0.343. The first-order chi connectivity index (χ1) is 16.0. The van der Waals surface area contributed by atoms with Crippen molar-refractivity contribution in [1.29, 1.82) is 0 Å². The van der Waals surface area contributed by atoms with Gasteiger partial charge < -0.3 is 9.47 Å². The van der Waals surface area contributed by atoms with Gasteiger partial charge in [-0.05, 0) is 43.3 Å². The van der Waals surface area contributed by atoms with Gasteiger partial charge in [0.2, 0.25) is 0 Å². The maximum Gasteiger partial charge on any atom is 0.272 e. The molecule has 4 rings (SSSR count). The van der Waals surface area contributed by atoms with Crippen molar-refractivity contribution in [2.24, 2.45) is 5.10 Å². The summed E-state index contributed by atoms with van der Waals surface area (Å²) in [6.45, 7) is 1.90. The molecule has 3 aromatic carbocycles. The Balaban J connectivity index is 1.66. The summed E-state index contributed by atoms with van der Waals surface area (Å²) in [5.74, 6) is 1.00. The predicted octanol–water partition coefficient (Wildman–Crippen LogP) is 5.64. The molecule has 0 bridgehead atoms. The van der Waals surface area contributed by atoms with Gasteiger partial charge in [0.15, 0.2) is 0 Å². The fourth-order valence-electron chi connectivity index (χ4n) is 3.64. The molecular formula is C26H22ClN3O3. The zero-order chi connectivity index (χ0) is 23.4. The number of methoxy groups -OCH3 is 2. The highest BCUT2D eigenvalue weighted by molar-refractivity contribution is 6.30. The van der Waals surface area contributed by atoms with Crippen molar-refractivity contribution >= 4 is 34.6 Å². The number of nitrogens with one attached hydrogen (secondary N) is 1. The van der Waals surface area contributed by atoms with E-state index in [2.05, 4.69) is 10.5 Å². The van der Waals surface area contributed by atoms with Crippen molar-refractivity contribution in [2.45, 2.75) is 6.92 Å². The van der Waals surface area contributed by atoms with Crippen LogP contribution in [0.5, 0.6) is 11.5 Å². The summed E-state index contributed by atoms with van der Waals surface area (Å²) in [5.41, 5.74) is 6.91. The van der Waals surface area contributed by atoms with Gasteiger partial charge in [-0.1, -0.05) is 41.9 Å². The van der Waals surface area contributed by atoms with E-state index < -0.39 is 0 Å². The van der Waals surface area contributed by atoms with E-state index in [-0.39, 0.29) is 5.91 Å². The van der Waals surface area contributed by atoms with E-state index in [1.54, 1.807) is 38.6 Å². The number of carbonyl (C=O) groups excluding carboxylic acids is 1. The van der Waals surface area contributed by atoms with Crippen LogP contribution in [-0.2, 0) is 0 Å². The number of carbonyl (C=O) groups is 1. The number of amides is 1. The van der Waals surface area contributed by atoms with Gasteiger partial charge in [-0.2, -0.15) is 5.10 Å². The van der Waals surface area contributed by atoms with Gasteiger partial charge in [0.1, 0.15) is 11.5 Å². The minimum absolute atomic E-state index is 0.343. The van der Waals surface area contributed by atoms with Gasteiger partial charge in [0.25, 0.3) is 5.91 Å². The number of nitrogens with zero attached hydrogens (tertiary/aromatic N) is 2. The molecule has 33 heavy (non-hydrogen) atoms. The normalized spacial score (nSPS) is 11.0. The third-order valence-corrected chi connectivity index (χ3v) is 5.53. The molecule has 0 atom stereocenters. The molecule has 0 aliphatic carbocycles. The Morgan fingerprint density at radius 1 is 1.03 bits per heavy atom. The van der Waals surface area contributed by atoms with Crippen LogP contribution in [0.1, 0.15) is 21.5 Å². The van der Waals surface area contributed by atoms with E-state index in [9.17, 15) is 4.79 Å². The molecule has 0 saturated carbocycles. The van der Waals surface area contributed by atoms with Crippen LogP contribution in [-0.4, -0.2) is 31.3 Å². The standard InChI is InChI=1S/C26H22ClN3O3/c1-16-24(32-2)13-10-18(25(16)33-3)15-28-30-26(31)21-14-23(17-8-11-19(27)12-9-17)29-22-7-5-4-6-20(21)22/h4-15H,1-3H3,(H,30,31). The molecule has 1 amide bonds. The van der Waals surface area contributed by atoms with Crippen molar-refractivity contribution in [3.63, 3.8) is 0 Å². The number of fused-ring (bicyclic) bond motifs is 1. The number of pyridine rings is 1. The number of aromatic nitrogens is 1. The molecule has 0 unspecified atom stereocenters. The molecule has 166 valence electrons. The molecule has 0 spiro atoms. The fourth-order valence-corrected chi connectivity index (χ4v) is 3.77. The SMILES string of the molecule is COc1ccc(C=NNC(=O)c2cc(-c3ccc(Cl)cc3)nc3ccccc23)c(OC)c1C. The second-order valence-corrected chi connectivity index (χ2v) is 7.73. The highest BCUT2D eigenvalue weighted by atomic mass is 35.5. The lowest BCUT2D eigenvalue weighted by Crippen LogP contribution is -2.18. The zero-order valence-electron chi connectivity index (χ0n) is 18.4. The highest BCUT2D eigenvalue weighted by Crippen LogP contribution is 2.30. The van der Waals surface area contributed by atoms with Crippen LogP contribution < -0.4 is 14.9 Å². The number of ether oxygens (including phenoxy) is 2. The number of halogens is 1. The number of hydrazone groups is 1. The maximum atomic E-state index is 13.1. The highest BCUT2D eigenvalue weighted by Gasteiger charge is 2.14. The van der Waals surface area contributed by atoms with E-state index in [1.165, 1.54) is 0 Å². The Hall–Kier alpha value is -3.90. The van der Waals surface area contributed by atoms with Crippen LogP contribution in [0.3, 0.4) is 0 Å². The van der Waals surface area contributed by atoms with Gasteiger partial charge in [-0.15, -0.1) is 0 Å². The van der Waals surface area contributed by atoms with Crippen molar-refractivity contribution in [3.8, 4) is 22.8 Å². The second kappa shape index (κ2) is 9.71. The number of rotatable bonds is 6. The van der Waals surface area contributed by atoms with Gasteiger partial charge in [0.05, 0.1) is 37.2 Å². The van der Waals surface area contributed by atoms with Gasteiger partial charge in [0, 0.05) is 27.1 Å². The van der Waals surface area contributed by atoms with Crippen LogP contribution in [0.25, 0.3) is 22.2 Å². The number of benzene rings is 3. The quantitative estimate of drug-likeness (QED) is 0.299. The molecule has 0 aliphatic rings. The molecule has 0 aliphatic heterocycles. The molecule has 1 aromatic heterocycles. The van der Waals surface area contributed by atoms with Gasteiger partial charge in [-0.3, -0.25) is 4.79 Å². The first-order valence-electron chi connectivity index (χ1n) is 10.2. The summed E-state index contributed by atoms with van der Waals surface area (Å²) in [7, 11) is 3.19. The molecule has 6 nitrogen and oxygen atoms in total. The van der Waals surface area contributed by atoms with Crippen LogP contribution in [0.2, 0.25) is 5.02 Å². The average Bonchev–Trinajstić information content (AvgIpc) is 2.84. The Kier molecular flexibility index (Phi) is 6.56. The van der Waals surface area contributed by atoms with Gasteiger partial charge >= 0.3 is 0 Å². The molecule has 0 radical (unpaired) electrons. The van der Waals surface area contributed by atoms with E-state index in [1.807, 2.05) is 55.5 Å². The Bertz CT molecular complexity index is 1350. The monoisotopic (exact) mass is 459 g/mol. The van der Waals surface area contributed by atoms with Crippen molar-refractivity contribution < 1.29 is 14.3 Å². The number of para-hydroxylation sites is 1. The van der Waals surface area contributed by atoms with Gasteiger partial charge in [-0.25, -0.2) is 10.4 Å². The van der Waals surface area contributed by atoms with E-state index in [4.69, 9.17) is 26.1 Å². The third kappa shape index (κ3) is 4.66. The van der Waals surface area contributed by atoms with Crippen LogP contribution in [0, 0.1) is 6.92 Å². The lowest BCUT2D eigenvalue weighted by molar-refractivity contribution is 0.0956.